The van der Waals surface area contributed by atoms with Crippen molar-refractivity contribution in [3.8, 4) is 5.88 Å². The van der Waals surface area contributed by atoms with Gasteiger partial charge in [-0.25, -0.2) is 4.98 Å². The van der Waals surface area contributed by atoms with E-state index in [9.17, 15) is 32.7 Å². The molecular weight excluding hydrogens is 447 g/mol. The van der Waals surface area contributed by atoms with Crippen molar-refractivity contribution in [2.45, 2.75) is 44.4 Å². The van der Waals surface area contributed by atoms with Gasteiger partial charge in [0, 0.05) is 31.8 Å². The molecule has 0 unspecified atom stereocenters. The van der Waals surface area contributed by atoms with E-state index >= 15 is 0 Å². The molecule has 1 aromatic rings. The van der Waals surface area contributed by atoms with Crippen molar-refractivity contribution in [3.05, 3.63) is 35.2 Å². The van der Waals surface area contributed by atoms with Gasteiger partial charge in [-0.1, -0.05) is 0 Å². The molecule has 1 aromatic heterocycles. The molecule has 12 heteroatoms. The third-order valence-corrected chi connectivity index (χ3v) is 5.66. The van der Waals surface area contributed by atoms with Gasteiger partial charge < -0.3 is 25.2 Å². The van der Waals surface area contributed by atoms with Crippen molar-refractivity contribution in [1.82, 2.24) is 15.2 Å². The van der Waals surface area contributed by atoms with Crippen LogP contribution in [0.2, 0.25) is 0 Å². The third kappa shape index (κ3) is 6.36. The average Bonchev–Trinajstić information content (AvgIpc) is 2.75. The lowest BCUT2D eigenvalue weighted by Gasteiger charge is -2.34. The van der Waals surface area contributed by atoms with Gasteiger partial charge in [-0.05, 0) is 37.7 Å². The van der Waals surface area contributed by atoms with Gasteiger partial charge in [0.15, 0.2) is 0 Å². The topological polar surface area (TPSA) is 129 Å². The summed E-state index contributed by atoms with van der Waals surface area (Å²) in [4.78, 5) is 40.6. The highest BCUT2D eigenvalue weighted by Crippen LogP contribution is 2.31. The van der Waals surface area contributed by atoms with Gasteiger partial charge in [-0.15, -0.1) is 0 Å². The first-order chi connectivity index (χ1) is 15.5. The fourth-order valence-electron chi connectivity index (χ4n) is 3.93. The number of nitrogens with zero attached hydrogens (tertiary/aromatic N) is 2. The Morgan fingerprint density at radius 3 is 2.48 bits per heavy atom. The molecule has 33 heavy (non-hydrogen) atoms. The van der Waals surface area contributed by atoms with E-state index in [0.717, 1.165) is 12.3 Å². The molecule has 0 saturated heterocycles. The number of aromatic nitrogens is 1. The van der Waals surface area contributed by atoms with Crippen LogP contribution < -0.4 is 10.1 Å². The zero-order chi connectivity index (χ0) is 24.2. The Bertz CT molecular complexity index is 924. The van der Waals surface area contributed by atoms with E-state index in [1.165, 1.54) is 11.0 Å². The Kier molecular flexibility index (Phi) is 7.44. The minimum Gasteiger partial charge on any atom is -0.511 e. The minimum atomic E-state index is -4.46. The lowest BCUT2D eigenvalue weighted by atomic mass is 9.86. The Morgan fingerprint density at radius 1 is 1.21 bits per heavy atom. The highest BCUT2D eigenvalue weighted by Gasteiger charge is 2.34. The highest BCUT2D eigenvalue weighted by atomic mass is 19.4. The number of nitrogens with one attached hydrogen (secondary N) is 1. The van der Waals surface area contributed by atoms with Gasteiger partial charge in [0.1, 0.15) is 24.0 Å². The summed E-state index contributed by atoms with van der Waals surface area (Å²) in [5, 5.41) is 20.7. The number of aliphatic carboxylic acids is 1. The van der Waals surface area contributed by atoms with Crippen LogP contribution in [0, 0.1) is 5.92 Å². The van der Waals surface area contributed by atoms with Crippen molar-refractivity contribution in [2.24, 2.45) is 5.92 Å². The quantitative estimate of drug-likeness (QED) is 0.521. The first-order valence-electron chi connectivity index (χ1n) is 10.5. The van der Waals surface area contributed by atoms with Crippen molar-refractivity contribution in [3.63, 3.8) is 0 Å². The number of pyridine rings is 1. The predicted molar refractivity (Wildman–Crippen MR) is 107 cm³/mol. The molecule has 0 atom stereocenters. The molecule has 0 bridgehead atoms. The monoisotopic (exact) mass is 471 g/mol. The van der Waals surface area contributed by atoms with Crippen molar-refractivity contribution in [1.29, 1.82) is 0 Å². The molecule has 3 rings (SSSR count). The number of carbonyl (C=O) groups excluding carboxylic acids is 2. The summed E-state index contributed by atoms with van der Waals surface area (Å²) in [5.41, 5.74) is -1.28. The number of carboxylic acids is 1. The maximum absolute atomic E-state index is 12.7. The van der Waals surface area contributed by atoms with Crippen molar-refractivity contribution < 1.29 is 42.5 Å². The summed E-state index contributed by atoms with van der Waals surface area (Å²) in [6, 6.07) is 2.11. The van der Waals surface area contributed by atoms with E-state index < -0.39 is 41.6 Å². The number of aliphatic hydroxyl groups is 1. The SMILES string of the molecule is O=C(O)CNC(=O)C1=C(O)CCN(C[C@H]2CC[C@H](Oc3ccc(C(F)(F)F)cn3)CC2)C1=O. The molecule has 0 aromatic carbocycles. The Morgan fingerprint density at radius 2 is 1.91 bits per heavy atom. The zero-order valence-corrected chi connectivity index (χ0v) is 17.6. The van der Waals surface area contributed by atoms with E-state index in [1.54, 1.807) is 0 Å². The van der Waals surface area contributed by atoms with Gasteiger partial charge >= 0.3 is 12.1 Å². The van der Waals surface area contributed by atoms with E-state index in [4.69, 9.17) is 9.84 Å². The largest absolute Gasteiger partial charge is 0.511 e. The molecule has 1 saturated carbocycles. The molecule has 180 valence electrons. The number of rotatable bonds is 7. The van der Waals surface area contributed by atoms with Crippen LogP contribution in [-0.4, -0.2) is 63.6 Å². The smallest absolute Gasteiger partial charge is 0.417 e. The second kappa shape index (κ2) is 10.1. The maximum Gasteiger partial charge on any atom is 0.417 e. The van der Waals surface area contributed by atoms with Gasteiger partial charge in [-0.2, -0.15) is 13.2 Å². The molecule has 1 aliphatic carbocycles. The van der Waals surface area contributed by atoms with Crippen LogP contribution in [0.3, 0.4) is 0 Å². The Hall–Kier alpha value is -3.31. The van der Waals surface area contributed by atoms with Crippen LogP contribution >= 0.6 is 0 Å². The summed E-state index contributed by atoms with van der Waals surface area (Å²) in [6.45, 7) is -0.0555. The lowest BCUT2D eigenvalue weighted by Crippen LogP contribution is -2.45. The molecule has 0 radical (unpaired) electrons. The molecule has 2 amide bonds. The molecule has 1 aliphatic heterocycles. The van der Waals surface area contributed by atoms with Crippen molar-refractivity contribution in [2.75, 3.05) is 19.6 Å². The second-order valence-electron chi connectivity index (χ2n) is 8.04. The first-order valence-corrected chi connectivity index (χ1v) is 10.5. The zero-order valence-electron chi connectivity index (χ0n) is 17.6. The Labute approximate surface area is 187 Å². The number of amides is 2. The van der Waals surface area contributed by atoms with Crippen LogP contribution in [-0.2, 0) is 20.6 Å². The highest BCUT2D eigenvalue weighted by molar-refractivity contribution is 6.19. The third-order valence-electron chi connectivity index (χ3n) is 5.66. The molecule has 0 spiro atoms. The minimum absolute atomic E-state index is 0.0968. The molecule has 2 aliphatic rings. The van der Waals surface area contributed by atoms with Gasteiger partial charge in [0.05, 0.1) is 5.56 Å². The summed E-state index contributed by atoms with van der Waals surface area (Å²) >= 11 is 0. The normalized spacial score (nSPS) is 21.7. The van der Waals surface area contributed by atoms with Gasteiger partial charge in [0.2, 0.25) is 5.88 Å². The van der Waals surface area contributed by atoms with E-state index in [-0.39, 0.29) is 36.6 Å². The molecular formula is C21H24F3N3O6. The predicted octanol–water partition coefficient (Wildman–Crippen LogP) is 2.28. The number of carboxylic acid groups (broad SMARTS) is 1. The summed E-state index contributed by atoms with van der Waals surface area (Å²) in [6.07, 6.45) is -1.18. The van der Waals surface area contributed by atoms with Crippen molar-refractivity contribution >= 4 is 17.8 Å². The molecule has 2 heterocycles. The molecule has 9 nitrogen and oxygen atoms in total. The first kappa shape index (κ1) is 24.3. The number of hydrogen-bond donors (Lipinski definition) is 3. The molecule has 3 N–H and O–H groups in total. The van der Waals surface area contributed by atoms with E-state index in [1.807, 2.05) is 0 Å². The summed E-state index contributed by atoms with van der Waals surface area (Å²) in [5.74, 6) is -2.96. The number of halogens is 3. The fraction of sp³-hybridized carbons (Fsp3) is 0.524. The summed E-state index contributed by atoms with van der Waals surface area (Å²) in [7, 11) is 0. The van der Waals surface area contributed by atoms with Crippen LogP contribution in [0.1, 0.15) is 37.7 Å². The number of hydrogen-bond acceptors (Lipinski definition) is 6. The summed E-state index contributed by atoms with van der Waals surface area (Å²) < 4.78 is 43.6. The van der Waals surface area contributed by atoms with Crippen LogP contribution in [0.25, 0.3) is 0 Å². The van der Waals surface area contributed by atoms with Gasteiger partial charge in [-0.3, -0.25) is 14.4 Å². The standard InChI is InChI=1S/C21H24F3N3O6/c22-21(23,24)13-3-6-16(25-9-13)33-14-4-1-12(2-5-14)11-27-8-7-15(28)18(20(27)32)19(31)26-10-17(29)30/h3,6,9,12,14,28H,1-2,4-5,7-8,10-11H2,(H,26,31)(H,29,30)/t12-,14-. The van der Waals surface area contributed by atoms with Crippen LogP contribution in [0.5, 0.6) is 5.88 Å². The number of alkyl halides is 3. The van der Waals surface area contributed by atoms with E-state index in [2.05, 4.69) is 10.3 Å². The average molecular weight is 471 g/mol. The number of carbonyl (C=O) groups is 3. The molecule has 1 fully saturated rings. The number of aliphatic hydroxyl groups excluding tert-OH is 1. The fourth-order valence-corrected chi connectivity index (χ4v) is 3.93. The van der Waals surface area contributed by atoms with E-state index in [0.29, 0.717) is 32.2 Å². The van der Waals surface area contributed by atoms with Crippen LogP contribution in [0.4, 0.5) is 13.2 Å². The second-order valence-corrected chi connectivity index (χ2v) is 8.04. The van der Waals surface area contributed by atoms with Gasteiger partial charge in [0.25, 0.3) is 11.8 Å². The lowest BCUT2D eigenvalue weighted by molar-refractivity contribution is -0.138. The van der Waals surface area contributed by atoms with Crippen LogP contribution in [0.15, 0.2) is 29.7 Å². The number of ether oxygens (including phenoxy) is 1. The maximum atomic E-state index is 12.7. The Balaban J connectivity index is 1.50.